The number of nitrogens with zero attached hydrogens (tertiary/aromatic N) is 1. The Bertz CT molecular complexity index is 677. The third-order valence-corrected chi connectivity index (χ3v) is 2.61. The van der Waals surface area contributed by atoms with E-state index in [2.05, 4.69) is 0 Å². The normalized spacial score (nSPS) is 11.3. The lowest BCUT2D eigenvalue weighted by Gasteiger charge is -2.11. The van der Waals surface area contributed by atoms with Crippen LogP contribution in [0.2, 0.25) is 0 Å². The number of benzene rings is 2. The van der Waals surface area contributed by atoms with Crippen LogP contribution in [0.25, 0.3) is 0 Å². The first-order valence-electron chi connectivity index (χ1n) is 6.18. The van der Waals surface area contributed by atoms with Crippen LogP contribution < -0.4 is 4.74 Å². The van der Waals surface area contributed by atoms with Crippen molar-refractivity contribution in [1.29, 1.82) is 5.26 Å². The Morgan fingerprint density at radius 2 is 1.90 bits per heavy atom. The summed E-state index contributed by atoms with van der Waals surface area (Å²) in [6.07, 6.45) is -0.987. The molecule has 21 heavy (non-hydrogen) atoms. The fourth-order valence-electron chi connectivity index (χ4n) is 1.71. The zero-order valence-corrected chi connectivity index (χ0v) is 11.2. The van der Waals surface area contributed by atoms with Crippen molar-refractivity contribution in [2.24, 2.45) is 0 Å². The fraction of sp³-hybridized carbons (Fsp3) is 0.125. The lowest BCUT2D eigenvalue weighted by Crippen LogP contribution is -2.06. The average Bonchev–Trinajstić information content (AvgIpc) is 2.47. The molecule has 4 nitrogen and oxygen atoms in total. The van der Waals surface area contributed by atoms with Crippen LogP contribution in [0.1, 0.15) is 18.6 Å². The number of esters is 1. The Morgan fingerprint density at radius 1 is 1.19 bits per heavy atom. The summed E-state index contributed by atoms with van der Waals surface area (Å²) in [5, 5.41) is 9.03. The van der Waals surface area contributed by atoms with Gasteiger partial charge in [-0.15, -0.1) is 0 Å². The first kappa shape index (κ1) is 14.5. The van der Waals surface area contributed by atoms with Gasteiger partial charge in [-0.25, -0.2) is 4.39 Å². The topological polar surface area (TPSA) is 59.3 Å². The molecule has 0 amide bonds. The highest BCUT2D eigenvalue weighted by Crippen LogP contribution is 2.26. The van der Waals surface area contributed by atoms with Gasteiger partial charge >= 0.3 is 5.97 Å². The maximum atomic E-state index is 12.8. The molecule has 0 heterocycles. The molecule has 1 unspecified atom stereocenters. The van der Waals surface area contributed by atoms with Crippen molar-refractivity contribution < 1.29 is 18.7 Å². The van der Waals surface area contributed by atoms with Gasteiger partial charge in [0.1, 0.15) is 23.4 Å². The second-order valence-electron chi connectivity index (χ2n) is 4.25. The van der Waals surface area contributed by atoms with Gasteiger partial charge in [-0.05, 0) is 36.4 Å². The third-order valence-electron chi connectivity index (χ3n) is 2.61. The van der Waals surface area contributed by atoms with Gasteiger partial charge in [-0.1, -0.05) is 12.1 Å². The summed E-state index contributed by atoms with van der Waals surface area (Å²) in [5.74, 6) is 0.0444. The van der Waals surface area contributed by atoms with E-state index in [-0.39, 0.29) is 5.82 Å². The number of carbonyl (C=O) groups excluding carboxylic acids is 1. The monoisotopic (exact) mass is 285 g/mol. The largest absolute Gasteiger partial charge is 0.457 e. The quantitative estimate of drug-likeness (QED) is 0.803. The van der Waals surface area contributed by atoms with E-state index in [1.807, 2.05) is 6.07 Å². The molecule has 0 radical (unpaired) electrons. The van der Waals surface area contributed by atoms with Crippen LogP contribution in [0, 0.1) is 17.1 Å². The standard InChI is InChI=1S/C16H12FNO3/c1-11(19)20-16(10-18)12-3-2-4-15(9-12)21-14-7-5-13(17)6-8-14/h2-9,16H,1H3. The van der Waals surface area contributed by atoms with Gasteiger partial charge < -0.3 is 9.47 Å². The lowest BCUT2D eigenvalue weighted by atomic mass is 10.1. The Labute approximate surface area is 121 Å². The second-order valence-corrected chi connectivity index (χ2v) is 4.25. The molecule has 0 saturated carbocycles. The van der Waals surface area contributed by atoms with Gasteiger partial charge in [0.15, 0.2) is 0 Å². The summed E-state index contributed by atoms with van der Waals surface area (Å²) < 4.78 is 23.3. The molecule has 0 spiro atoms. The Hall–Kier alpha value is -2.87. The Morgan fingerprint density at radius 3 is 2.52 bits per heavy atom. The number of ether oxygens (including phenoxy) is 2. The molecule has 0 aliphatic rings. The van der Waals surface area contributed by atoms with Gasteiger partial charge in [0.2, 0.25) is 6.10 Å². The van der Waals surface area contributed by atoms with Crippen LogP contribution >= 0.6 is 0 Å². The molecular weight excluding hydrogens is 273 g/mol. The van der Waals surface area contributed by atoms with Crippen molar-refractivity contribution in [2.45, 2.75) is 13.0 Å². The molecule has 2 aromatic rings. The van der Waals surface area contributed by atoms with Crippen LogP contribution in [0.4, 0.5) is 4.39 Å². The van der Waals surface area contributed by atoms with E-state index in [0.717, 1.165) is 0 Å². The zero-order chi connectivity index (χ0) is 15.2. The number of halogens is 1. The third kappa shape index (κ3) is 4.05. The van der Waals surface area contributed by atoms with E-state index in [4.69, 9.17) is 14.7 Å². The number of hydrogen-bond donors (Lipinski definition) is 0. The minimum Gasteiger partial charge on any atom is -0.457 e. The highest BCUT2D eigenvalue weighted by Gasteiger charge is 2.14. The highest BCUT2D eigenvalue weighted by atomic mass is 19.1. The minimum atomic E-state index is -0.987. The molecule has 0 fully saturated rings. The molecule has 1 atom stereocenters. The van der Waals surface area contributed by atoms with Crippen molar-refractivity contribution in [3.63, 3.8) is 0 Å². The number of rotatable bonds is 4. The maximum absolute atomic E-state index is 12.8. The maximum Gasteiger partial charge on any atom is 0.304 e. The number of nitriles is 1. The van der Waals surface area contributed by atoms with Crippen LogP contribution in [0.15, 0.2) is 48.5 Å². The zero-order valence-electron chi connectivity index (χ0n) is 11.2. The van der Waals surface area contributed by atoms with E-state index in [1.165, 1.54) is 31.2 Å². The predicted octanol–water partition coefficient (Wildman–Crippen LogP) is 3.75. The van der Waals surface area contributed by atoms with Crippen LogP contribution in [-0.2, 0) is 9.53 Å². The van der Waals surface area contributed by atoms with E-state index in [0.29, 0.717) is 17.1 Å². The van der Waals surface area contributed by atoms with Gasteiger partial charge in [0, 0.05) is 12.5 Å². The highest BCUT2D eigenvalue weighted by molar-refractivity contribution is 5.66. The van der Waals surface area contributed by atoms with E-state index in [1.54, 1.807) is 24.3 Å². The molecule has 5 heteroatoms. The molecule has 0 N–H and O–H groups in total. The van der Waals surface area contributed by atoms with Crippen molar-refractivity contribution in [2.75, 3.05) is 0 Å². The Kier molecular flexibility index (Phi) is 4.52. The van der Waals surface area contributed by atoms with Gasteiger partial charge in [0.05, 0.1) is 0 Å². The number of hydrogen-bond acceptors (Lipinski definition) is 4. The van der Waals surface area contributed by atoms with Crippen molar-refractivity contribution >= 4 is 5.97 Å². The molecule has 2 aromatic carbocycles. The van der Waals surface area contributed by atoms with Gasteiger partial charge in [-0.3, -0.25) is 4.79 Å². The molecule has 0 aromatic heterocycles. The molecular formula is C16H12FNO3. The molecule has 0 bridgehead atoms. The van der Waals surface area contributed by atoms with Gasteiger partial charge in [0.25, 0.3) is 0 Å². The predicted molar refractivity (Wildman–Crippen MR) is 73.0 cm³/mol. The first-order chi connectivity index (χ1) is 10.1. The summed E-state index contributed by atoms with van der Waals surface area (Å²) in [7, 11) is 0. The summed E-state index contributed by atoms with van der Waals surface area (Å²) >= 11 is 0. The number of carbonyl (C=O) groups is 1. The van der Waals surface area contributed by atoms with E-state index < -0.39 is 12.1 Å². The fourth-order valence-corrected chi connectivity index (χ4v) is 1.71. The van der Waals surface area contributed by atoms with Crippen LogP contribution in [0.3, 0.4) is 0 Å². The van der Waals surface area contributed by atoms with Gasteiger partial charge in [-0.2, -0.15) is 5.26 Å². The second kappa shape index (κ2) is 6.53. The van der Waals surface area contributed by atoms with Crippen molar-refractivity contribution in [3.05, 3.63) is 59.9 Å². The molecule has 2 rings (SSSR count). The summed E-state index contributed by atoms with van der Waals surface area (Å²) in [4.78, 5) is 11.0. The molecule has 106 valence electrons. The summed E-state index contributed by atoms with van der Waals surface area (Å²) in [6, 6.07) is 14.1. The van der Waals surface area contributed by atoms with Crippen molar-refractivity contribution in [3.8, 4) is 17.6 Å². The molecule has 0 saturated heterocycles. The van der Waals surface area contributed by atoms with E-state index in [9.17, 15) is 9.18 Å². The average molecular weight is 285 g/mol. The van der Waals surface area contributed by atoms with Crippen LogP contribution in [-0.4, -0.2) is 5.97 Å². The minimum absolute atomic E-state index is 0.351. The van der Waals surface area contributed by atoms with Crippen LogP contribution in [0.5, 0.6) is 11.5 Å². The summed E-state index contributed by atoms with van der Waals surface area (Å²) in [5.41, 5.74) is 0.507. The lowest BCUT2D eigenvalue weighted by molar-refractivity contribution is -0.144. The molecule has 0 aliphatic carbocycles. The SMILES string of the molecule is CC(=O)OC(C#N)c1cccc(Oc2ccc(F)cc2)c1. The van der Waals surface area contributed by atoms with E-state index >= 15 is 0 Å². The van der Waals surface area contributed by atoms with Crippen molar-refractivity contribution in [1.82, 2.24) is 0 Å². The first-order valence-corrected chi connectivity index (χ1v) is 6.18. The molecule has 0 aliphatic heterocycles. The smallest absolute Gasteiger partial charge is 0.304 e. The summed E-state index contributed by atoms with van der Waals surface area (Å²) in [6.45, 7) is 1.24. The Balaban J connectivity index is 2.19.